The molecule has 0 aliphatic carbocycles. The molecule has 0 saturated carbocycles. The van der Waals surface area contributed by atoms with Crippen molar-refractivity contribution in [1.29, 1.82) is 0 Å². The summed E-state index contributed by atoms with van der Waals surface area (Å²) in [5.41, 5.74) is -0.563. The number of sulfonamides is 1. The van der Waals surface area contributed by atoms with Crippen molar-refractivity contribution in [1.82, 2.24) is 9.62 Å². The Morgan fingerprint density at radius 3 is 2.31 bits per heavy atom. The van der Waals surface area contributed by atoms with Gasteiger partial charge >= 0.3 is 11.8 Å². The van der Waals surface area contributed by atoms with E-state index >= 15 is 0 Å². The number of nitro groups is 2. The number of nitrogens with zero attached hydrogens (tertiary/aromatic N) is 3. The van der Waals surface area contributed by atoms with Gasteiger partial charge in [0.15, 0.2) is 11.5 Å². The third-order valence-electron chi connectivity index (χ3n) is 6.67. The van der Waals surface area contributed by atoms with E-state index in [1.165, 1.54) is 42.5 Å². The molecule has 0 bridgehead atoms. The molecule has 1 aliphatic heterocycles. The second kappa shape index (κ2) is 13.7. The van der Waals surface area contributed by atoms with Crippen molar-refractivity contribution in [3.05, 3.63) is 86.5 Å². The maximum Gasteiger partial charge on any atom is 0.404 e. The molecule has 3 N–H and O–H groups in total. The van der Waals surface area contributed by atoms with Gasteiger partial charge in [-0.2, -0.15) is 4.31 Å². The number of nitro benzene ring substituents is 2. The quantitative estimate of drug-likeness (QED) is 0.168. The Morgan fingerprint density at radius 2 is 1.69 bits per heavy atom. The number of hydrogen-bond acceptors (Lipinski definition) is 11. The molecule has 0 radical (unpaired) electrons. The van der Waals surface area contributed by atoms with Crippen LogP contribution in [0.4, 0.5) is 16.2 Å². The maximum absolute atomic E-state index is 13.6. The SMILES string of the molecule is CC(C)CN(C[C@@H](O)[C@H](Cc1ccc(Oc2ccc([N+](=O)[O-])cc2[N+](=O)[O-])cc1)NC(=O)O)S(=O)(=O)c1ccc2c(c1)OCO2. The van der Waals surface area contributed by atoms with Gasteiger partial charge in [0.05, 0.1) is 33.0 Å². The van der Waals surface area contributed by atoms with Crippen LogP contribution in [0.15, 0.2) is 65.6 Å². The Balaban J connectivity index is 1.51. The fourth-order valence-corrected chi connectivity index (χ4v) is 6.20. The smallest absolute Gasteiger partial charge is 0.404 e. The third kappa shape index (κ3) is 8.14. The zero-order chi connectivity index (χ0) is 32.9. The first-order chi connectivity index (χ1) is 21.2. The minimum absolute atomic E-state index is 0.0362. The van der Waals surface area contributed by atoms with E-state index in [1.807, 2.05) is 0 Å². The predicted molar refractivity (Wildman–Crippen MR) is 157 cm³/mol. The minimum Gasteiger partial charge on any atom is -0.465 e. The molecule has 45 heavy (non-hydrogen) atoms. The average Bonchev–Trinajstić information content (AvgIpc) is 3.45. The molecular weight excluding hydrogens is 616 g/mol. The van der Waals surface area contributed by atoms with Gasteiger partial charge in [0, 0.05) is 25.2 Å². The van der Waals surface area contributed by atoms with E-state index in [0.717, 1.165) is 22.5 Å². The van der Waals surface area contributed by atoms with Crippen LogP contribution in [0.1, 0.15) is 19.4 Å². The molecule has 0 saturated heterocycles. The first kappa shape index (κ1) is 32.9. The van der Waals surface area contributed by atoms with Gasteiger partial charge in [-0.1, -0.05) is 26.0 Å². The standard InChI is InChI=1S/C28H30N4O12S/c1-17(2)14-30(45(40,41)21-8-10-26-27(13-21)43-16-42-26)15-24(33)22(29-28(34)35)11-18-3-6-20(7-4-18)44-25-9-5-19(31(36)37)12-23(25)32(38)39/h3-10,12-13,17,22,24,29,33H,11,14-16H2,1-2H3,(H,34,35)/t22-,24+/m0/s1. The van der Waals surface area contributed by atoms with Gasteiger partial charge in [0.1, 0.15) is 5.75 Å². The van der Waals surface area contributed by atoms with Gasteiger partial charge in [0.25, 0.3) is 5.69 Å². The van der Waals surface area contributed by atoms with Crippen molar-refractivity contribution >= 4 is 27.5 Å². The lowest BCUT2D eigenvalue weighted by atomic mass is 10.0. The van der Waals surface area contributed by atoms with Crippen molar-refractivity contribution in [2.24, 2.45) is 5.92 Å². The van der Waals surface area contributed by atoms with Crippen LogP contribution in [-0.4, -0.2) is 70.9 Å². The van der Waals surface area contributed by atoms with Crippen LogP contribution < -0.4 is 19.5 Å². The highest BCUT2D eigenvalue weighted by atomic mass is 32.2. The highest BCUT2D eigenvalue weighted by Gasteiger charge is 2.32. The van der Waals surface area contributed by atoms with Gasteiger partial charge in [-0.3, -0.25) is 20.2 Å². The van der Waals surface area contributed by atoms with Gasteiger partial charge in [-0.15, -0.1) is 0 Å². The van der Waals surface area contributed by atoms with E-state index in [9.17, 15) is 43.7 Å². The second-order valence-electron chi connectivity index (χ2n) is 10.5. The summed E-state index contributed by atoms with van der Waals surface area (Å²) in [5, 5.41) is 45.2. The molecule has 0 aromatic heterocycles. The lowest BCUT2D eigenvalue weighted by molar-refractivity contribution is -0.394. The zero-order valence-electron chi connectivity index (χ0n) is 24.1. The van der Waals surface area contributed by atoms with Crippen LogP contribution in [0, 0.1) is 26.1 Å². The lowest BCUT2D eigenvalue weighted by Crippen LogP contribution is -2.50. The van der Waals surface area contributed by atoms with Gasteiger partial charge in [-0.25, -0.2) is 13.2 Å². The van der Waals surface area contributed by atoms with E-state index in [0.29, 0.717) is 11.3 Å². The molecule has 1 aliphatic rings. The van der Waals surface area contributed by atoms with Crippen LogP contribution in [0.3, 0.4) is 0 Å². The molecule has 16 nitrogen and oxygen atoms in total. The molecule has 0 fully saturated rings. The Hall–Kier alpha value is -5.00. The van der Waals surface area contributed by atoms with Crippen molar-refractivity contribution < 1.29 is 47.5 Å². The van der Waals surface area contributed by atoms with Crippen LogP contribution in [0.25, 0.3) is 0 Å². The summed E-state index contributed by atoms with van der Waals surface area (Å²) in [6.07, 6.45) is -2.95. The molecule has 0 spiro atoms. The molecule has 0 unspecified atom stereocenters. The summed E-state index contributed by atoms with van der Waals surface area (Å²) in [7, 11) is -4.14. The van der Waals surface area contributed by atoms with Gasteiger partial charge in [-0.05, 0) is 48.2 Å². The molecule has 1 amide bonds. The molecule has 240 valence electrons. The molecule has 2 atom stereocenters. The number of rotatable bonds is 14. The third-order valence-corrected chi connectivity index (χ3v) is 8.50. The molecule has 17 heteroatoms. The number of nitrogens with one attached hydrogen (secondary N) is 1. The number of benzene rings is 3. The summed E-state index contributed by atoms with van der Waals surface area (Å²) in [6.45, 7) is 3.17. The fraction of sp³-hybridized carbons (Fsp3) is 0.321. The number of aliphatic hydroxyl groups is 1. The molecular formula is C28H30N4O12S. The first-order valence-electron chi connectivity index (χ1n) is 13.5. The van der Waals surface area contributed by atoms with Crippen molar-refractivity contribution in [3.8, 4) is 23.0 Å². The number of ether oxygens (including phenoxy) is 3. The monoisotopic (exact) mass is 646 g/mol. The summed E-state index contributed by atoms with van der Waals surface area (Å²) in [5.74, 6) is 0.454. The normalized spacial score (nSPS) is 13.8. The Kier molecular flexibility index (Phi) is 10.1. The van der Waals surface area contributed by atoms with E-state index in [4.69, 9.17) is 14.2 Å². The Morgan fingerprint density at radius 1 is 1.00 bits per heavy atom. The first-order valence-corrected chi connectivity index (χ1v) is 15.0. The molecule has 4 rings (SSSR count). The van der Waals surface area contributed by atoms with E-state index in [-0.39, 0.29) is 47.8 Å². The summed E-state index contributed by atoms with van der Waals surface area (Å²) < 4.78 is 44.4. The summed E-state index contributed by atoms with van der Waals surface area (Å²) >= 11 is 0. The van der Waals surface area contributed by atoms with Gasteiger partial charge < -0.3 is 29.7 Å². The highest BCUT2D eigenvalue weighted by Crippen LogP contribution is 2.36. The summed E-state index contributed by atoms with van der Waals surface area (Å²) in [6, 6.07) is 11.9. The number of amides is 1. The van der Waals surface area contributed by atoms with E-state index < -0.39 is 56.0 Å². The second-order valence-corrected chi connectivity index (χ2v) is 12.4. The Bertz CT molecular complexity index is 1680. The minimum atomic E-state index is -4.14. The molecule has 1 heterocycles. The summed E-state index contributed by atoms with van der Waals surface area (Å²) in [4.78, 5) is 32.3. The number of non-ortho nitro benzene ring substituents is 1. The maximum atomic E-state index is 13.6. The van der Waals surface area contributed by atoms with Crippen molar-refractivity contribution in [3.63, 3.8) is 0 Å². The number of carboxylic acid groups (broad SMARTS) is 1. The van der Waals surface area contributed by atoms with Crippen molar-refractivity contribution in [2.45, 2.75) is 37.3 Å². The molecule has 3 aromatic rings. The number of hydrogen-bond donors (Lipinski definition) is 3. The van der Waals surface area contributed by atoms with Crippen LogP contribution >= 0.6 is 0 Å². The fourth-order valence-electron chi connectivity index (χ4n) is 4.56. The van der Waals surface area contributed by atoms with Crippen LogP contribution in [0.5, 0.6) is 23.0 Å². The number of carbonyl (C=O) groups is 1. The van der Waals surface area contributed by atoms with Crippen molar-refractivity contribution in [2.75, 3.05) is 19.9 Å². The van der Waals surface area contributed by atoms with E-state index in [1.54, 1.807) is 13.8 Å². The lowest BCUT2D eigenvalue weighted by Gasteiger charge is -2.30. The molecule has 3 aromatic carbocycles. The van der Waals surface area contributed by atoms with Gasteiger partial charge in [0.2, 0.25) is 22.6 Å². The van der Waals surface area contributed by atoms with Crippen LogP contribution in [-0.2, 0) is 16.4 Å². The predicted octanol–water partition coefficient (Wildman–Crippen LogP) is 3.91. The Labute approximate surface area is 257 Å². The average molecular weight is 647 g/mol. The topological polar surface area (TPSA) is 221 Å². The highest BCUT2D eigenvalue weighted by molar-refractivity contribution is 7.89. The largest absolute Gasteiger partial charge is 0.465 e. The number of fused-ring (bicyclic) bond motifs is 1. The van der Waals surface area contributed by atoms with Crippen LogP contribution in [0.2, 0.25) is 0 Å². The number of aliphatic hydroxyl groups excluding tert-OH is 1. The van der Waals surface area contributed by atoms with E-state index in [2.05, 4.69) is 5.32 Å². The zero-order valence-corrected chi connectivity index (χ0v) is 24.9.